The summed E-state index contributed by atoms with van der Waals surface area (Å²) in [6.07, 6.45) is 3.73. The zero-order chi connectivity index (χ0) is 23.4. The van der Waals surface area contributed by atoms with Gasteiger partial charge >= 0.3 is 5.97 Å². The van der Waals surface area contributed by atoms with E-state index >= 15 is 0 Å². The highest BCUT2D eigenvalue weighted by molar-refractivity contribution is 7.91. The van der Waals surface area contributed by atoms with Crippen LogP contribution in [0.25, 0.3) is 11.4 Å². The molecule has 3 aromatic heterocycles. The van der Waals surface area contributed by atoms with Gasteiger partial charge in [0.2, 0.25) is 17.6 Å². The predicted molar refractivity (Wildman–Crippen MR) is 117 cm³/mol. The molecule has 0 saturated carbocycles. The van der Waals surface area contributed by atoms with Gasteiger partial charge in [0, 0.05) is 62.4 Å². The summed E-state index contributed by atoms with van der Waals surface area (Å²) in [6, 6.07) is 4.84. The van der Waals surface area contributed by atoms with Crippen molar-refractivity contribution in [1.29, 1.82) is 0 Å². The molecule has 0 spiro atoms. The summed E-state index contributed by atoms with van der Waals surface area (Å²) >= 11 is 0.969. The van der Waals surface area contributed by atoms with E-state index in [0.717, 1.165) is 16.9 Å². The Hall–Kier alpha value is -3.16. The molecule has 33 heavy (non-hydrogen) atoms. The summed E-state index contributed by atoms with van der Waals surface area (Å²) in [7, 11) is -2.50. The highest BCUT2D eigenvalue weighted by Gasteiger charge is 2.31. The average molecular weight is 492 g/mol. The summed E-state index contributed by atoms with van der Waals surface area (Å²) in [4.78, 5) is 34.1. The number of esters is 1. The minimum atomic E-state index is -3.74. The molecule has 1 saturated heterocycles. The molecule has 13 heteroatoms. The molecule has 1 aliphatic heterocycles. The summed E-state index contributed by atoms with van der Waals surface area (Å²) in [5.74, 6) is 0.0927. The van der Waals surface area contributed by atoms with Crippen LogP contribution in [0.4, 0.5) is 0 Å². The van der Waals surface area contributed by atoms with E-state index in [-0.39, 0.29) is 48.3 Å². The van der Waals surface area contributed by atoms with Crippen molar-refractivity contribution in [3.63, 3.8) is 0 Å². The van der Waals surface area contributed by atoms with Crippen LogP contribution in [0, 0.1) is 0 Å². The van der Waals surface area contributed by atoms with Crippen LogP contribution in [0.15, 0.2) is 44.7 Å². The maximum Gasteiger partial charge on any atom is 0.338 e. The van der Waals surface area contributed by atoms with E-state index in [1.54, 1.807) is 29.4 Å². The van der Waals surface area contributed by atoms with Crippen LogP contribution in [0.2, 0.25) is 0 Å². The minimum absolute atomic E-state index is 0.0732. The Morgan fingerprint density at radius 2 is 1.91 bits per heavy atom. The topological polar surface area (TPSA) is 136 Å². The van der Waals surface area contributed by atoms with E-state index in [1.165, 1.54) is 22.9 Å². The van der Waals surface area contributed by atoms with Crippen LogP contribution in [-0.4, -0.2) is 77.9 Å². The van der Waals surface area contributed by atoms with E-state index in [2.05, 4.69) is 19.9 Å². The molecule has 1 aliphatic rings. The van der Waals surface area contributed by atoms with Gasteiger partial charge in [0.1, 0.15) is 4.21 Å². The number of nitrogens with zero attached hydrogens (tertiary/aromatic N) is 5. The Kier molecular flexibility index (Phi) is 6.81. The van der Waals surface area contributed by atoms with Crippen molar-refractivity contribution in [2.75, 3.05) is 33.3 Å². The number of aromatic nitrogens is 3. The molecular weight excluding hydrogens is 470 g/mol. The number of methoxy groups -OCH3 is 1. The molecule has 0 aliphatic carbocycles. The van der Waals surface area contributed by atoms with Crippen LogP contribution >= 0.6 is 11.3 Å². The van der Waals surface area contributed by atoms with Gasteiger partial charge in [0.15, 0.2) is 0 Å². The first-order valence-corrected chi connectivity index (χ1v) is 12.4. The van der Waals surface area contributed by atoms with Gasteiger partial charge in [-0.15, -0.1) is 11.3 Å². The molecule has 1 amide bonds. The number of hydrogen-bond donors (Lipinski definition) is 0. The normalized spacial score (nSPS) is 14.9. The first-order chi connectivity index (χ1) is 15.9. The third-order valence-corrected chi connectivity index (χ3v) is 8.46. The fourth-order valence-electron chi connectivity index (χ4n) is 3.33. The van der Waals surface area contributed by atoms with Gasteiger partial charge in [-0.1, -0.05) is 5.16 Å². The average Bonchev–Trinajstić information content (AvgIpc) is 3.53. The SMILES string of the molecule is COC(=O)c1csc(S(=O)(=O)N2CCN(C(=O)CCc3nc(-c4ccncc4)no3)CC2)c1. The number of rotatable bonds is 7. The number of ether oxygens (including phenoxy) is 1. The van der Waals surface area contributed by atoms with Crippen molar-refractivity contribution in [1.82, 2.24) is 24.3 Å². The van der Waals surface area contributed by atoms with Gasteiger partial charge in [-0.2, -0.15) is 9.29 Å². The van der Waals surface area contributed by atoms with Crippen molar-refractivity contribution in [3.8, 4) is 11.4 Å². The maximum atomic E-state index is 12.9. The van der Waals surface area contributed by atoms with Gasteiger partial charge in [-0.3, -0.25) is 9.78 Å². The maximum absolute atomic E-state index is 12.9. The summed E-state index contributed by atoms with van der Waals surface area (Å²) in [6.45, 7) is 0.900. The van der Waals surface area contributed by atoms with Crippen LogP contribution < -0.4 is 0 Å². The molecule has 4 heterocycles. The zero-order valence-corrected chi connectivity index (χ0v) is 19.3. The Morgan fingerprint density at radius 3 is 2.61 bits per heavy atom. The Labute approximate surface area is 194 Å². The van der Waals surface area contributed by atoms with Crippen molar-refractivity contribution < 1.29 is 27.3 Å². The molecule has 11 nitrogen and oxygen atoms in total. The number of carbonyl (C=O) groups is 2. The van der Waals surface area contributed by atoms with Crippen molar-refractivity contribution in [3.05, 3.63) is 47.4 Å². The van der Waals surface area contributed by atoms with E-state index in [0.29, 0.717) is 18.1 Å². The first-order valence-electron chi connectivity index (χ1n) is 10.1. The molecule has 0 atom stereocenters. The lowest BCUT2D eigenvalue weighted by Gasteiger charge is -2.33. The van der Waals surface area contributed by atoms with Crippen LogP contribution in [0.1, 0.15) is 22.7 Å². The highest BCUT2D eigenvalue weighted by atomic mass is 32.2. The van der Waals surface area contributed by atoms with Crippen molar-refractivity contribution in [2.45, 2.75) is 17.1 Å². The van der Waals surface area contributed by atoms with E-state index in [9.17, 15) is 18.0 Å². The van der Waals surface area contributed by atoms with E-state index < -0.39 is 16.0 Å². The second-order valence-electron chi connectivity index (χ2n) is 7.18. The summed E-state index contributed by atoms with van der Waals surface area (Å²) < 4.78 is 37.0. The minimum Gasteiger partial charge on any atom is -0.465 e. The largest absolute Gasteiger partial charge is 0.465 e. The molecular formula is C20H21N5O6S2. The van der Waals surface area contributed by atoms with Gasteiger partial charge < -0.3 is 14.2 Å². The molecule has 1 fully saturated rings. The first kappa shape index (κ1) is 23.0. The monoisotopic (exact) mass is 491 g/mol. The lowest BCUT2D eigenvalue weighted by Crippen LogP contribution is -2.50. The van der Waals surface area contributed by atoms with Crippen LogP contribution in [0.5, 0.6) is 0 Å². The lowest BCUT2D eigenvalue weighted by atomic mass is 10.2. The fraction of sp³-hybridized carbons (Fsp3) is 0.350. The predicted octanol–water partition coefficient (Wildman–Crippen LogP) is 1.45. The smallest absolute Gasteiger partial charge is 0.338 e. The standard InChI is InChI=1S/C20H21N5O6S2/c1-30-20(27)15-12-18(32-13-15)33(28,29)25-10-8-24(9-11-25)17(26)3-2-16-22-19(23-31-16)14-4-6-21-7-5-14/h4-7,12-13H,2-3,8-11H2,1H3. The number of piperazine rings is 1. The molecule has 4 rings (SSSR count). The second-order valence-corrected chi connectivity index (χ2v) is 10.3. The van der Waals surface area contributed by atoms with Gasteiger partial charge in [0.25, 0.3) is 10.0 Å². The molecule has 3 aromatic rings. The Balaban J connectivity index is 1.30. The lowest BCUT2D eigenvalue weighted by molar-refractivity contribution is -0.132. The number of thiophene rings is 1. The van der Waals surface area contributed by atoms with Crippen LogP contribution in [0.3, 0.4) is 0 Å². The zero-order valence-electron chi connectivity index (χ0n) is 17.7. The van der Waals surface area contributed by atoms with E-state index in [1.807, 2.05) is 0 Å². The number of carbonyl (C=O) groups excluding carboxylic acids is 2. The van der Waals surface area contributed by atoms with Gasteiger partial charge in [0.05, 0.1) is 12.7 Å². The fourth-order valence-corrected chi connectivity index (χ4v) is 6.05. The number of sulfonamides is 1. The van der Waals surface area contributed by atoms with Crippen molar-refractivity contribution >= 4 is 33.2 Å². The van der Waals surface area contributed by atoms with E-state index in [4.69, 9.17) is 4.52 Å². The number of amides is 1. The number of aryl methyl sites for hydroxylation is 1. The quantitative estimate of drug-likeness (QED) is 0.450. The molecule has 0 radical (unpaired) electrons. The van der Waals surface area contributed by atoms with Crippen molar-refractivity contribution in [2.24, 2.45) is 0 Å². The second kappa shape index (κ2) is 9.77. The third-order valence-electron chi connectivity index (χ3n) is 5.14. The summed E-state index contributed by atoms with van der Waals surface area (Å²) in [5, 5.41) is 5.38. The summed E-state index contributed by atoms with van der Waals surface area (Å²) in [5.41, 5.74) is 0.969. The molecule has 0 aromatic carbocycles. The van der Waals surface area contributed by atoms with Gasteiger partial charge in [-0.25, -0.2) is 13.2 Å². The Morgan fingerprint density at radius 1 is 1.18 bits per heavy atom. The molecule has 0 N–H and O–H groups in total. The number of hydrogen-bond acceptors (Lipinski definition) is 10. The Bertz CT molecular complexity index is 1230. The third kappa shape index (κ3) is 5.10. The molecule has 0 unspecified atom stereocenters. The molecule has 0 bridgehead atoms. The van der Waals surface area contributed by atoms with Crippen LogP contribution in [-0.2, 0) is 26.0 Å². The van der Waals surface area contributed by atoms with Gasteiger partial charge in [-0.05, 0) is 18.2 Å². The highest BCUT2D eigenvalue weighted by Crippen LogP contribution is 2.25. The molecule has 174 valence electrons. The number of pyridine rings is 1.